The van der Waals surface area contributed by atoms with Gasteiger partial charge in [0.2, 0.25) is 0 Å². The van der Waals surface area contributed by atoms with E-state index >= 15 is 0 Å². The first kappa shape index (κ1) is 10.6. The number of hydrogen-bond donors (Lipinski definition) is 2. The van der Waals surface area contributed by atoms with Crippen LogP contribution in [0.15, 0.2) is 6.07 Å². The average molecular weight is 226 g/mol. The number of carbonyl (C=O) groups is 1. The average Bonchev–Trinajstić information content (AvgIpc) is 2.10. The molecule has 0 fully saturated rings. The minimum absolute atomic E-state index is 0.453. The third-order valence-electron chi connectivity index (χ3n) is 1.34. The van der Waals surface area contributed by atoms with Gasteiger partial charge in [-0.05, 0) is 0 Å². The third kappa shape index (κ3) is 1.90. The van der Waals surface area contributed by atoms with Crippen LogP contribution in [0, 0.1) is 17.5 Å². The van der Waals surface area contributed by atoms with Crippen molar-refractivity contribution in [3.8, 4) is 0 Å². The summed E-state index contributed by atoms with van der Waals surface area (Å²) in [4.78, 5) is 10.1. The molecule has 0 heterocycles. The number of anilines is 1. The second kappa shape index (κ2) is 3.75. The maximum absolute atomic E-state index is 12.9. The first-order valence-corrected chi connectivity index (χ1v) is 3.64. The van der Waals surface area contributed by atoms with Crippen LogP contribution in [0.25, 0.3) is 0 Å². The highest BCUT2D eigenvalue weighted by Crippen LogP contribution is 2.27. The van der Waals surface area contributed by atoms with Gasteiger partial charge in [0, 0.05) is 6.07 Å². The number of benzene rings is 1. The molecular formula is C7H3ClF3NO2. The lowest BCUT2D eigenvalue weighted by atomic mass is 10.3. The fraction of sp³-hybridized carbons (Fsp3) is 0. The molecule has 0 aliphatic heterocycles. The summed E-state index contributed by atoms with van der Waals surface area (Å²) in [6, 6.07) is 0.453. The summed E-state index contributed by atoms with van der Waals surface area (Å²) in [6.45, 7) is 0. The van der Waals surface area contributed by atoms with Crippen molar-refractivity contribution in [2.45, 2.75) is 0 Å². The number of carboxylic acid groups (broad SMARTS) is 1. The molecule has 0 saturated carbocycles. The van der Waals surface area contributed by atoms with Crippen molar-refractivity contribution < 1.29 is 23.1 Å². The first-order valence-electron chi connectivity index (χ1n) is 3.26. The molecule has 0 atom stereocenters. The van der Waals surface area contributed by atoms with Crippen molar-refractivity contribution in [1.82, 2.24) is 0 Å². The lowest BCUT2D eigenvalue weighted by molar-refractivity contribution is 0.209. The van der Waals surface area contributed by atoms with E-state index in [1.165, 1.54) is 5.32 Å². The molecule has 14 heavy (non-hydrogen) atoms. The topological polar surface area (TPSA) is 49.3 Å². The number of hydrogen-bond acceptors (Lipinski definition) is 1. The fourth-order valence-corrected chi connectivity index (χ4v) is 0.917. The van der Waals surface area contributed by atoms with Gasteiger partial charge in [0.25, 0.3) is 0 Å². The van der Waals surface area contributed by atoms with Crippen molar-refractivity contribution in [1.29, 1.82) is 0 Å². The van der Waals surface area contributed by atoms with E-state index in [0.717, 1.165) is 0 Å². The molecule has 0 bridgehead atoms. The van der Waals surface area contributed by atoms with Gasteiger partial charge in [-0.15, -0.1) is 0 Å². The van der Waals surface area contributed by atoms with E-state index in [1.807, 2.05) is 0 Å². The molecule has 1 aromatic carbocycles. The van der Waals surface area contributed by atoms with Crippen LogP contribution >= 0.6 is 11.6 Å². The maximum Gasteiger partial charge on any atom is 0.409 e. The molecule has 76 valence electrons. The predicted molar refractivity (Wildman–Crippen MR) is 43.0 cm³/mol. The van der Waals surface area contributed by atoms with E-state index in [-0.39, 0.29) is 0 Å². The molecular weight excluding hydrogens is 223 g/mol. The zero-order valence-electron chi connectivity index (χ0n) is 6.44. The normalized spacial score (nSPS) is 10.0. The largest absolute Gasteiger partial charge is 0.465 e. The molecule has 1 aromatic rings. The Morgan fingerprint density at radius 3 is 2.43 bits per heavy atom. The Morgan fingerprint density at radius 1 is 1.36 bits per heavy atom. The Bertz CT molecular complexity index is 397. The fourth-order valence-electron chi connectivity index (χ4n) is 0.779. The number of rotatable bonds is 1. The second-order valence-electron chi connectivity index (χ2n) is 2.28. The van der Waals surface area contributed by atoms with Crippen molar-refractivity contribution in [3.05, 3.63) is 28.5 Å². The summed E-state index contributed by atoms with van der Waals surface area (Å²) in [6.07, 6.45) is -1.63. The van der Waals surface area contributed by atoms with Gasteiger partial charge in [0.1, 0.15) is 10.8 Å². The molecule has 7 heteroatoms. The molecule has 0 aliphatic rings. The molecule has 0 spiro atoms. The second-order valence-corrected chi connectivity index (χ2v) is 2.66. The molecule has 0 saturated heterocycles. The number of halogens is 4. The molecule has 0 unspecified atom stereocenters. The lowest BCUT2D eigenvalue weighted by Crippen LogP contribution is -2.10. The summed E-state index contributed by atoms with van der Waals surface area (Å²) in [7, 11) is 0. The smallest absolute Gasteiger partial charge is 0.409 e. The highest BCUT2D eigenvalue weighted by molar-refractivity contribution is 6.31. The summed E-state index contributed by atoms with van der Waals surface area (Å²) in [5.74, 6) is -4.41. The summed E-state index contributed by atoms with van der Waals surface area (Å²) < 4.78 is 38.3. The van der Waals surface area contributed by atoms with Crippen LogP contribution in [0.5, 0.6) is 0 Å². The van der Waals surface area contributed by atoms with Crippen LogP contribution < -0.4 is 5.32 Å². The summed E-state index contributed by atoms with van der Waals surface area (Å²) in [5, 5.41) is 8.66. The van der Waals surface area contributed by atoms with Crippen LogP contribution in [0.2, 0.25) is 5.02 Å². The van der Waals surface area contributed by atoms with Gasteiger partial charge in [0.15, 0.2) is 11.6 Å². The monoisotopic (exact) mass is 225 g/mol. The van der Waals surface area contributed by atoms with Crippen LogP contribution in [-0.4, -0.2) is 11.2 Å². The molecule has 1 amide bonds. The van der Waals surface area contributed by atoms with Gasteiger partial charge in [-0.2, -0.15) is 0 Å². The van der Waals surface area contributed by atoms with Gasteiger partial charge in [0.05, 0.1) is 5.69 Å². The number of nitrogens with one attached hydrogen (secondary N) is 1. The Morgan fingerprint density at radius 2 is 1.93 bits per heavy atom. The van der Waals surface area contributed by atoms with Crippen LogP contribution in [-0.2, 0) is 0 Å². The van der Waals surface area contributed by atoms with Crippen LogP contribution in [0.1, 0.15) is 0 Å². The molecule has 0 radical (unpaired) electrons. The lowest BCUT2D eigenvalue weighted by Gasteiger charge is -2.05. The standard InChI is InChI=1S/C7H3ClF3NO2/c8-4-2(9)1-3(12-7(13)14)5(10)6(4)11/h1,12H,(H,13,14). The van der Waals surface area contributed by atoms with Crippen molar-refractivity contribution in [2.75, 3.05) is 5.32 Å². The Hall–Kier alpha value is -1.43. The van der Waals surface area contributed by atoms with Gasteiger partial charge < -0.3 is 5.11 Å². The third-order valence-corrected chi connectivity index (χ3v) is 1.69. The summed E-state index contributed by atoms with van der Waals surface area (Å²) in [5.41, 5.74) is -0.822. The van der Waals surface area contributed by atoms with Gasteiger partial charge in [-0.25, -0.2) is 18.0 Å². The van der Waals surface area contributed by atoms with Crippen molar-refractivity contribution in [2.24, 2.45) is 0 Å². The van der Waals surface area contributed by atoms with E-state index in [4.69, 9.17) is 16.7 Å². The van der Waals surface area contributed by atoms with Gasteiger partial charge >= 0.3 is 6.09 Å². The highest BCUT2D eigenvalue weighted by Gasteiger charge is 2.18. The van der Waals surface area contributed by atoms with E-state index < -0.39 is 34.3 Å². The van der Waals surface area contributed by atoms with E-state index in [1.54, 1.807) is 0 Å². The zero-order valence-corrected chi connectivity index (χ0v) is 7.20. The van der Waals surface area contributed by atoms with Gasteiger partial charge in [-0.3, -0.25) is 5.32 Å². The van der Waals surface area contributed by atoms with E-state index in [0.29, 0.717) is 6.07 Å². The van der Waals surface area contributed by atoms with Gasteiger partial charge in [-0.1, -0.05) is 11.6 Å². The predicted octanol–water partition coefficient (Wildman–Crippen LogP) is 2.85. The Balaban J connectivity index is 3.25. The maximum atomic E-state index is 12.9. The Labute approximate surface area is 81.1 Å². The zero-order chi connectivity index (χ0) is 10.9. The van der Waals surface area contributed by atoms with Crippen LogP contribution in [0.4, 0.5) is 23.7 Å². The molecule has 3 nitrogen and oxygen atoms in total. The minimum atomic E-state index is -1.63. The summed E-state index contributed by atoms with van der Waals surface area (Å²) >= 11 is 5.03. The quantitative estimate of drug-likeness (QED) is 0.570. The van der Waals surface area contributed by atoms with Crippen molar-refractivity contribution >= 4 is 23.4 Å². The van der Waals surface area contributed by atoms with Crippen LogP contribution in [0.3, 0.4) is 0 Å². The molecule has 1 rings (SSSR count). The number of amides is 1. The van der Waals surface area contributed by atoms with Crippen molar-refractivity contribution in [3.63, 3.8) is 0 Å². The highest BCUT2D eigenvalue weighted by atomic mass is 35.5. The first-order chi connectivity index (χ1) is 6.43. The van der Waals surface area contributed by atoms with E-state index in [2.05, 4.69) is 0 Å². The molecule has 2 N–H and O–H groups in total. The minimum Gasteiger partial charge on any atom is -0.465 e. The van der Waals surface area contributed by atoms with E-state index in [9.17, 15) is 18.0 Å². The molecule has 0 aromatic heterocycles. The Kier molecular flexibility index (Phi) is 2.85. The molecule has 0 aliphatic carbocycles. The SMILES string of the molecule is O=C(O)Nc1cc(F)c(Cl)c(F)c1F.